The van der Waals surface area contributed by atoms with Crippen LogP contribution in [0.3, 0.4) is 0 Å². The number of rotatable bonds is 9. The van der Waals surface area contributed by atoms with Gasteiger partial charge in [-0.05, 0) is 108 Å². The van der Waals surface area contributed by atoms with Crippen molar-refractivity contribution in [1.82, 2.24) is 20.2 Å². The van der Waals surface area contributed by atoms with Gasteiger partial charge in [0, 0.05) is 6.04 Å². The average Bonchev–Trinajstić information content (AvgIpc) is 3.72. The lowest BCUT2D eigenvalue weighted by Gasteiger charge is -2.30. The number of nitrogens with one attached hydrogen (secondary N) is 3. The summed E-state index contributed by atoms with van der Waals surface area (Å²) in [5, 5.41) is 9.98. The third kappa shape index (κ3) is 6.81. The largest absolute Gasteiger partial charge is 0.489 e. The molecule has 2 aliphatic rings. The maximum absolute atomic E-state index is 12.8. The molecule has 3 aromatic rings. The lowest BCUT2D eigenvalue weighted by molar-refractivity contribution is 0.0952. The molecule has 8 nitrogen and oxygen atoms in total. The van der Waals surface area contributed by atoms with Gasteiger partial charge in [-0.25, -0.2) is 4.98 Å². The van der Waals surface area contributed by atoms with Crippen molar-refractivity contribution in [2.45, 2.75) is 64.5 Å². The summed E-state index contributed by atoms with van der Waals surface area (Å²) >= 11 is 6.47. The van der Waals surface area contributed by atoms with E-state index in [9.17, 15) is 4.79 Å². The maximum Gasteiger partial charge on any atom is 0.253 e. The number of carbonyl (C=O) groups excluding carboxylic acids is 1. The van der Waals surface area contributed by atoms with Gasteiger partial charge in [0.25, 0.3) is 5.91 Å². The number of piperidine rings is 1. The Kier molecular flexibility index (Phi) is 8.23. The molecule has 1 saturated carbocycles. The van der Waals surface area contributed by atoms with E-state index >= 15 is 0 Å². The Labute approximate surface area is 235 Å². The highest BCUT2D eigenvalue weighted by molar-refractivity contribution is 6.33. The molecule has 2 aromatic carbocycles. The Balaban J connectivity index is 1.40. The lowest BCUT2D eigenvalue weighted by Crippen LogP contribution is -2.29. The molecule has 1 amide bonds. The molecule has 1 saturated heterocycles. The summed E-state index contributed by atoms with van der Waals surface area (Å²) in [5.41, 5.74) is 4.52. The topological polar surface area (TPSA) is 91.4 Å². The summed E-state index contributed by atoms with van der Waals surface area (Å²) in [6.07, 6.45) is 5.89. The fourth-order valence-electron chi connectivity index (χ4n) is 4.96. The number of hydrogen-bond donors (Lipinski definition) is 3. The van der Waals surface area contributed by atoms with E-state index < -0.39 is 0 Å². The summed E-state index contributed by atoms with van der Waals surface area (Å²) < 4.78 is 6.24. The van der Waals surface area contributed by atoms with E-state index in [0.29, 0.717) is 34.0 Å². The van der Waals surface area contributed by atoms with Gasteiger partial charge < -0.3 is 25.6 Å². The molecule has 5 rings (SSSR count). The first-order chi connectivity index (χ1) is 18.8. The molecule has 3 N–H and O–H groups in total. The number of aromatic nitrogens is 2. The second-order valence-corrected chi connectivity index (χ2v) is 11.3. The molecule has 0 radical (unpaired) electrons. The lowest BCUT2D eigenvalue weighted by atomic mass is 9.86. The van der Waals surface area contributed by atoms with Crippen molar-refractivity contribution in [1.29, 1.82) is 0 Å². The number of nitrogens with zero attached hydrogens (tertiary/aromatic N) is 3. The Morgan fingerprint density at radius 2 is 1.82 bits per heavy atom. The van der Waals surface area contributed by atoms with Gasteiger partial charge in [-0.15, -0.1) is 0 Å². The van der Waals surface area contributed by atoms with Crippen LogP contribution in [0.2, 0.25) is 5.02 Å². The molecule has 206 valence electrons. The van der Waals surface area contributed by atoms with Crippen LogP contribution in [0.4, 0.5) is 23.1 Å². The number of ether oxygens (including phenoxy) is 1. The van der Waals surface area contributed by atoms with Gasteiger partial charge in [-0.1, -0.05) is 23.7 Å². The molecule has 1 aliphatic heterocycles. The molecule has 0 unspecified atom stereocenters. The molecule has 9 heteroatoms. The minimum Gasteiger partial charge on any atom is -0.489 e. The highest BCUT2D eigenvalue weighted by Crippen LogP contribution is 2.38. The molecule has 39 heavy (non-hydrogen) atoms. The van der Waals surface area contributed by atoms with Gasteiger partial charge in [0.2, 0.25) is 5.95 Å². The summed E-state index contributed by atoms with van der Waals surface area (Å²) in [7, 11) is 2.18. The van der Waals surface area contributed by atoms with Crippen molar-refractivity contribution < 1.29 is 9.53 Å². The third-order valence-corrected chi connectivity index (χ3v) is 7.49. The number of aryl methyl sites for hydroxylation is 1. The van der Waals surface area contributed by atoms with Crippen LogP contribution >= 0.6 is 11.6 Å². The Hall–Kier alpha value is -3.36. The van der Waals surface area contributed by atoms with Gasteiger partial charge in [0.05, 0.1) is 29.2 Å². The molecular weight excluding hydrogens is 512 g/mol. The number of likely N-dealkylation sites (tertiary alicyclic amines) is 1. The van der Waals surface area contributed by atoms with Gasteiger partial charge in [-0.2, -0.15) is 4.98 Å². The number of hydrogen-bond acceptors (Lipinski definition) is 7. The van der Waals surface area contributed by atoms with Crippen LogP contribution in [0.5, 0.6) is 5.75 Å². The number of amides is 1. The van der Waals surface area contributed by atoms with Crippen LogP contribution in [0.1, 0.15) is 66.9 Å². The first kappa shape index (κ1) is 27.2. The fourth-order valence-corrected chi connectivity index (χ4v) is 5.09. The minimum atomic E-state index is -0.111. The van der Waals surface area contributed by atoms with Crippen LogP contribution in [0.25, 0.3) is 0 Å². The maximum atomic E-state index is 12.8. The van der Waals surface area contributed by atoms with Crippen molar-refractivity contribution in [3.8, 4) is 5.75 Å². The number of para-hydroxylation sites is 1. The van der Waals surface area contributed by atoms with Crippen molar-refractivity contribution in [3.05, 3.63) is 64.3 Å². The van der Waals surface area contributed by atoms with E-state index in [0.717, 1.165) is 50.2 Å². The van der Waals surface area contributed by atoms with Crippen LogP contribution in [-0.2, 0) is 0 Å². The molecule has 0 spiro atoms. The van der Waals surface area contributed by atoms with Crippen molar-refractivity contribution in [2.75, 3.05) is 30.8 Å². The molecule has 2 fully saturated rings. The average molecular weight is 549 g/mol. The SMILES string of the molecule is Cc1cc(Nc2ncc(Cl)c(Nc3ccccc3C(=O)NC3CC3)n2)c(OC(C)C)cc1C1CCN(C)CC1. The zero-order chi connectivity index (χ0) is 27.5. The Morgan fingerprint density at radius 1 is 1.08 bits per heavy atom. The summed E-state index contributed by atoms with van der Waals surface area (Å²) in [4.78, 5) is 24.2. The highest BCUT2D eigenvalue weighted by Gasteiger charge is 2.25. The Bertz CT molecular complexity index is 1340. The van der Waals surface area contributed by atoms with E-state index in [2.05, 4.69) is 56.9 Å². The molecule has 0 atom stereocenters. The van der Waals surface area contributed by atoms with Crippen molar-refractivity contribution in [2.24, 2.45) is 0 Å². The first-order valence-corrected chi connectivity index (χ1v) is 14.1. The third-order valence-electron chi connectivity index (χ3n) is 7.22. The van der Waals surface area contributed by atoms with Crippen molar-refractivity contribution >= 4 is 40.6 Å². The van der Waals surface area contributed by atoms with Crippen LogP contribution in [-0.4, -0.2) is 53.1 Å². The molecular formula is C30H37ClN6O2. The van der Waals surface area contributed by atoms with E-state index in [-0.39, 0.29) is 18.1 Å². The summed E-state index contributed by atoms with van der Waals surface area (Å²) in [6, 6.07) is 11.9. The van der Waals surface area contributed by atoms with Gasteiger partial charge in [0.1, 0.15) is 10.8 Å². The predicted octanol–water partition coefficient (Wildman–Crippen LogP) is 6.41. The zero-order valence-corrected chi connectivity index (χ0v) is 23.8. The van der Waals surface area contributed by atoms with E-state index in [1.165, 1.54) is 11.1 Å². The van der Waals surface area contributed by atoms with Gasteiger partial charge >= 0.3 is 0 Å². The van der Waals surface area contributed by atoms with Gasteiger partial charge in [-0.3, -0.25) is 4.79 Å². The Morgan fingerprint density at radius 3 is 2.54 bits per heavy atom. The summed E-state index contributed by atoms with van der Waals surface area (Å²) in [6.45, 7) is 8.40. The molecule has 0 bridgehead atoms. The minimum absolute atomic E-state index is 0.0141. The van der Waals surface area contributed by atoms with Crippen LogP contribution < -0.4 is 20.7 Å². The first-order valence-electron chi connectivity index (χ1n) is 13.7. The monoisotopic (exact) mass is 548 g/mol. The molecule has 1 aliphatic carbocycles. The number of halogens is 1. The van der Waals surface area contributed by atoms with E-state index in [1.54, 1.807) is 12.3 Å². The normalized spacial score (nSPS) is 16.3. The van der Waals surface area contributed by atoms with Crippen LogP contribution in [0, 0.1) is 6.92 Å². The zero-order valence-electron chi connectivity index (χ0n) is 23.1. The van der Waals surface area contributed by atoms with Crippen LogP contribution in [0.15, 0.2) is 42.6 Å². The smallest absolute Gasteiger partial charge is 0.253 e. The quantitative estimate of drug-likeness (QED) is 0.284. The number of carbonyl (C=O) groups is 1. The fraction of sp³-hybridized carbons (Fsp3) is 0.433. The molecule has 2 heterocycles. The van der Waals surface area contributed by atoms with E-state index in [1.807, 2.05) is 32.0 Å². The molecule has 1 aromatic heterocycles. The number of benzene rings is 2. The van der Waals surface area contributed by atoms with Gasteiger partial charge in [0.15, 0.2) is 5.82 Å². The highest BCUT2D eigenvalue weighted by atomic mass is 35.5. The predicted molar refractivity (Wildman–Crippen MR) is 157 cm³/mol. The summed E-state index contributed by atoms with van der Waals surface area (Å²) in [5.74, 6) is 1.97. The standard InChI is InChI=1S/C30H37ClN6O2/c1-18(2)39-27-16-23(20-11-13-37(4)14-12-20)19(3)15-26(27)35-30-32-17-24(31)28(36-30)34-25-8-6-5-7-22(25)29(38)33-21-9-10-21/h5-8,15-18,20-21H,9-14H2,1-4H3,(H,33,38)(H2,32,34,35,36). The van der Waals surface area contributed by atoms with Crippen molar-refractivity contribution in [3.63, 3.8) is 0 Å². The second kappa shape index (κ2) is 11.8. The number of anilines is 4. The van der Waals surface area contributed by atoms with E-state index in [4.69, 9.17) is 16.3 Å². The second-order valence-electron chi connectivity index (χ2n) is 10.9.